The summed E-state index contributed by atoms with van der Waals surface area (Å²) in [4.78, 5) is 5.09. The molecule has 0 aromatic carbocycles. The van der Waals surface area contributed by atoms with Gasteiger partial charge in [0.15, 0.2) is 5.65 Å². The van der Waals surface area contributed by atoms with Gasteiger partial charge in [-0.3, -0.25) is 4.68 Å². The van der Waals surface area contributed by atoms with E-state index in [4.69, 9.17) is 14.5 Å². The topological polar surface area (TPSA) is 97.0 Å². The first kappa shape index (κ1) is 20.8. The van der Waals surface area contributed by atoms with E-state index in [1.54, 1.807) is 0 Å². The van der Waals surface area contributed by atoms with Gasteiger partial charge in [-0.1, -0.05) is 0 Å². The van der Waals surface area contributed by atoms with Gasteiger partial charge in [0.05, 0.1) is 23.8 Å². The normalized spacial score (nSPS) is 19.8. The molecule has 2 saturated heterocycles. The lowest BCUT2D eigenvalue weighted by atomic mass is 9.95. The molecule has 172 valence electrons. The van der Waals surface area contributed by atoms with Crippen molar-refractivity contribution in [1.82, 2.24) is 39.4 Å². The number of piperidine rings is 2. The number of nitrogens with one attached hydrogen (secondary N) is 3. The van der Waals surface area contributed by atoms with E-state index in [0.717, 1.165) is 78.7 Å². The summed E-state index contributed by atoms with van der Waals surface area (Å²) < 4.78 is 8.49. The third-order valence-corrected chi connectivity index (χ3v) is 7.48. The zero-order valence-electron chi connectivity index (χ0n) is 18.8. The van der Waals surface area contributed by atoms with Crippen LogP contribution >= 0.6 is 11.5 Å². The Kier molecular flexibility index (Phi) is 5.57. The van der Waals surface area contributed by atoms with Crippen molar-refractivity contribution in [3.8, 4) is 11.1 Å². The van der Waals surface area contributed by atoms with Gasteiger partial charge in [0, 0.05) is 48.8 Å². The van der Waals surface area contributed by atoms with Crippen molar-refractivity contribution in [3.05, 3.63) is 42.1 Å². The number of hydrogen-bond donors (Lipinski definition) is 3. The maximum absolute atomic E-state index is 5.09. The predicted octanol–water partition coefficient (Wildman–Crippen LogP) is 3.26. The Morgan fingerprint density at radius 1 is 1.00 bits per heavy atom. The highest BCUT2D eigenvalue weighted by atomic mass is 32.1. The highest BCUT2D eigenvalue weighted by Crippen LogP contribution is 2.33. The molecule has 2 aliphatic heterocycles. The summed E-state index contributed by atoms with van der Waals surface area (Å²) in [6.45, 7) is 4.18. The molecule has 0 radical (unpaired) electrons. The Bertz CT molecular complexity index is 1240. The largest absolute Gasteiger partial charge is 0.331 e. The van der Waals surface area contributed by atoms with E-state index in [1.165, 1.54) is 23.6 Å². The highest BCUT2D eigenvalue weighted by Gasteiger charge is 2.22. The zero-order valence-corrected chi connectivity index (χ0v) is 19.6. The molecule has 3 N–H and O–H groups in total. The smallest absolute Gasteiger partial charge is 0.165 e. The summed E-state index contributed by atoms with van der Waals surface area (Å²) >= 11 is 1.53. The van der Waals surface area contributed by atoms with Gasteiger partial charge >= 0.3 is 0 Å². The molecule has 6 rings (SSSR count). The number of anilines is 2. The minimum atomic E-state index is 0.396. The van der Waals surface area contributed by atoms with Crippen molar-refractivity contribution in [2.24, 2.45) is 7.05 Å². The lowest BCUT2D eigenvalue weighted by molar-refractivity contribution is 0.455. The SMILES string of the molecule is Cn1cc(-c2cnn3c(Nc4cc(C5CCNCC5)ns4)cc(C4CCCNC4)nc23)cn1. The highest BCUT2D eigenvalue weighted by molar-refractivity contribution is 7.10. The average Bonchev–Trinajstić information content (AvgIpc) is 3.60. The van der Waals surface area contributed by atoms with Crippen LogP contribution in [0.25, 0.3) is 16.8 Å². The Morgan fingerprint density at radius 2 is 1.91 bits per heavy atom. The Morgan fingerprint density at radius 3 is 2.70 bits per heavy atom. The number of aromatic nitrogens is 6. The van der Waals surface area contributed by atoms with Crippen LogP contribution in [0.2, 0.25) is 0 Å². The third-order valence-electron chi connectivity index (χ3n) is 6.76. The molecule has 4 aromatic rings. The lowest BCUT2D eigenvalue weighted by Crippen LogP contribution is -2.29. The number of nitrogens with zero attached hydrogens (tertiary/aromatic N) is 6. The van der Waals surface area contributed by atoms with Crippen LogP contribution in [-0.2, 0) is 7.05 Å². The number of hydrogen-bond acceptors (Lipinski definition) is 8. The Hall–Kier alpha value is -2.82. The van der Waals surface area contributed by atoms with Gasteiger partial charge in [-0.2, -0.15) is 19.1 Å². The molecule has 1 unspecified atom stereocenters. The maximum Gasteiger partial charge on any atom is 0.165 e. The van der Waals surface area contributed by atoms with Crippen LogP contribution in [0.4, 0.5) is 10.8 Å². The van der Waals surface area contributed by atoms with E-state index < -0.39 is 0 Å². The molecule has 0 saturated carbocycles. The Labute approximate surface area is 196 Å². The van der Waals surface area contributed by atoms with E-state index in [9.17, 15) is 0 Å². The van der Waals surface area contributed by atoms with E-state index >= 15 is 0 Å². The molecular formula is C23H29N9S. The van der Waals surface area contributed by atoms with Crippen molar-refractivity contribution in [3.63, 3.8) is 0 Å². The fraction of sp³-hybridized carbons (Fsp3) is 0.478. The molecule has 0 spiro atoms. The summed E-state index contributed by atoms with van der Waals surface area (Å²) in [5.41, 5.74) is 5.18. The van der Waals surface area contributed by atoms with Gasteiger partial charge in [0.1, 0.15) is 10.8 Å². The predicted molar refractivity (Wildman–Crippen MR) is 130 cm³/mol. The molecular weight excluding hydrogens is 434 g/mol. The fourth-order valence-corrected chi connectivity index (χ4v) is 5.66. The summed E-state index contributed by atoms with van der Waals surface area (Å²) in [6.07, 6.45) is 10.4. The van der Waals surface area contributed by atoms with Crippen LogP contribution in [0.3, 0.4) is 0 Å². The summed E-state index contributed by atoms with van der Waals surface area (Å²) in [7, 11) is 1.93. The van der Waals surface area contributed by atoms with Crippen LogP contribution in [0.5, 0.6) is 0 Å². The van der Waals surface area contributed by atoms with Crippen LogP contribution in [0.15, 0.2) is 30.7 Å². The molecule has 6 heterocycles. The molecule has 33 heavy (non-hydrogen) atoms. The van der Waals surface area contributed by atoms with Gasteiger partial charge in [0.25, 0.3) is 0 Å². The van der Waals surface area contributed by atoms with Crippen LogP contribution in [0, 0.1) is 0 Å². The van der Waals surface area contributed by atoms with Crippen molar-refractivity contribution in [2.45, 2.75) is 37.5 Å². The monoisotopic (exact) mass is 463 g/mol. The van der Waals surface area contributed by atoms with Crippen LogP contribution in [-0.4, -0.2) is 54.9 Å². The van der Waals surface area contributed by atoms with Gasteiger partial charge in [0.2, 0.25) is 0 Å². The first-order chi connectivity index (χ1) is 16.2. The van der Waals surface area contributed by atoms with Gasteiger partial charge in [-0.05, 0) is 62.9 Å². The average molecular weight is 464 g/mol. The molecule has 9 nitrogen and oxygen atoms in total. The standard InChI is InChI=1S/C23H29N9S/c1-31-14-17(12-26-31)18-13-27-32-21(9-19(28-23(18)32)16-3-2-6-25-11-16)29-22-10-20(30-33-22)15-4-7-24-8-5-15/h9-10,12-16,24-25,29H,2-8,11H2,1H3. The quantitative estimate of drug-likeness (QED) is 0.418. The molecule has 0 amide bonds. The fourth-order valence-electron chi connectivity index (χ4n) is 4.93. The summed E-state index contributed by atoms with van der Waals surface area (Å²) in [6, 6.07) is 4.37. The first-order valence-corrected chi connectivity index (χ1v) is 12.5. The van der Waals surface area contributed by atoms with Crippen LogP contribution < -0.4 is 16.0 Å². The van der Waals surface area contributed by atoms with E-state index in [2.05, 4.69) is 33.2 Å². The first-order valence-electron chi connectivity index (χ1n) is 11.8. The van der Waals surface area contributed by atoms with Crippen molar-refractivity contribution < 1.29 is 0 Å². The second-order valence-corrected chi connectivity index (χ2v) is 9.88. The molecule has 4 aromatic heterocycles. The summed E-state index contributed by atoms with van der Waals surface area (Å²) in [5, 5.41) is 20.7. The molecule has 2 fully saturated rings. The number of fused-ring (bicyclic) bond motifs is 1. The summed E-state index contributed by atoms with van der Waals surface area (Å²) in [5.74, 6) is 1.87. The molecule has 0 bridgehead atoms. The van der Waals surface area contributed by atoms with Crippen molar-refractivity contribution in [1.29, 1.82) is 0 Å². The number of rotatable bonds is 5. The van der Waals surface area contributed by atoms with E-state index in [0.29, 0.717) is 11.8 Å². The maximum atomic E-state index is 5.09. The third kappa shape index (κ3) is 4.14. The van der Waals surface area contributed by atoms with Gasteiger partial charge in [-0.25, -0.2) is 4.98 Å². The second kappa shape index (κ2) is 8.85. The van der Waals surface area contributed by atoms with Gasteiger partial charge in [-0.15, -0.1) is 0 Å². The molecule has 10 heteroatoms. The van der Waals surface area contributed by atoms with Gasteiger partial charge < -0.3 is 16.0 Å². The van der Waals surface area contributed by atoms with Crippen molar-refractivity contribution >= 4 is 28.0 Å². The lowest BCUT2D eigenvalue weighted by Gasteiger charge is -2.23. The minimum Gasteiger partial charge on any atom is -0.331 e. The Balaban J connectivity index is 1.38. The van der Waals surface area contributed by atoms with Crippen molar-refractivity contribution in [2.75, 3.05) is 31.5 Å². The molecule has 0 aliphatic carbocycles. The number of aryl methyl sites for hydroxylation is 1. The van der Waals surface area contributed by atoms with E-state index in [1.807, 2.05) is 34.8 Å². The molecule has 2 aliphatic rings. The minimum absolute atomic E-state index is 0.396. The second-order valence-electron chi connectivity index (χ2n) is 9.07. The zero-order chi connectivity index (χ0) is 22.2. The van der Waals surface area contributed by atoms with E-state index in [-0.39, 0.29) is 0 Å². The van der Waals surface area contributed by atoms with Crippen LogP contribution in [0.1, 0.15) is 48.9 Å². The molecule has 1 atom stereocenters.